The summed E-state index contributed by atoms with van der Waals surface area (Å²) in [5.41, 5.74) is 1.27. The first-order valence-electron chi connectivity index (χ1n) is 10.4. The predicted octanol–water partition coefficient (Wildman–Crippen LogP) is 2.78. The first-order valence-corrected chi connectivity index (χ1v) is 11.2. The lowest BCUT2D eigenvalue weighted by Gasteiger charge is -2.37. The molecule has 2 atom stereocenters. The van der Waals surface area contributed by atoms with Gasteiger partial charge in [-0.1, -0.05) is 6.92 Å². The summed E-state index contributed by atoms with van der Waals surface area (Å²) in [6, 6.07) is 1.91. The van der Waals surface area contributed by atoms with Crippen LogP contribution < -0.4 is 10.5 Å². The van der Waals surface area contributed by atoms with Crippen LogP contribution in [0.5, 0.6) is 0 Å². The molecule has 1 fully saturated rings. The van der Waals surface area contributed by atoms with Gasteiger partial charge in [0.2, 0.25) is 5.95 Å². The quantitative estimate of drug-likeness (QED) is 0.715. The van der Waals surface area contributed by atoms with Crippen LogP contribution in [0.2, 0.25) is 0 Å². The van der Waals surface area contributed by atoms with Gasteiger partial charge in [0.25, 0.3) is 5.56 Å². The highest BCUT2D eigenvalue weighted by Crippen LogP contribution is 2.36. The average Bonchev–Trinajstić information content (AvgIpc) is 3.11. The molecule has 29 heavy (non-hydrogen) atoms. The molecular formula is C21H26N6OS. The Balaban J connectivity index is 1.36. The second-order valence-electron chi connectivity index (χ2n) is 8.23. The van der Waals surface area contributed by atoms with Gasteiger partial charge < -0.3 is 9.88 Å². The smallest absolute Gasteiger partial charge is 0.259 e. The summed E-state index contributed by atoms with van der Waals surface area (Å²) in [6.07, 6.45) is 6.79. The number of thiophene rings is 1. The number of fused-ring (bicyclic) bond motifs is 3. The Bertz CT molecular complexity index is 1070. The standard InChI is InChI=1S/C21H26N6OS/c1-13-4-5-15-16(12-13)29-20-17(15)19(28)24-18(25-20)14(2)26-8-10-27(11-9-26)21-22-6-3-7-23-21/h3,6-7,13-14H,4-5,8-12H2,1-2H3,(H,24,25,28)/t13-,14+/m1/s1. The third-order valence-electron chi connectivity index (χ3n) is 6.28. The second kappa shape index (κ2) is 7.50. The summed E-state index contributed by atoms with van der Waals surface area (Å²) in [6.45, 7) is 7.93. The zero-order chi connectivity index (χ0) is 20.0. The molecule has 2 aliphatic rings. The van der Waals surface area contributed by atoms with Crippen LogP contribution in [0.1, 0.15) is 42.6 Å². The van der Waals surface area contributed by atoms with E-state index in [1.165, 1.54) is 10.4 Å². The summed E-state index contributed by atoms with van der Waals surface area (Å²) in [7, 11) is 0. The lowest BCUT2D eigenvalue weighted by molar-refractivity contribution is 0.191. The lowest BCUT2D eigenvalue weighted by atomic mass is 9.89. The van der Waals surface area contributed by atoms with Crippen molar-refractivity contribution in [2.45, 2.75) is 39.2 Å². The summed E-state index contributed by atoms with van der Waals surface area (Å²) in [5.74, 6) is 2.25. The lowest BCUT2D eigenvalue weighted by Crippen LogP contribution is -2.48. The molecule has 1 saturated heterocycles. The van der Waals surface area contributed by atoms with Crippen LogP contribution in [0.3, 0.4) is 0 Å². The number of rotatable bonds is 3. The van der Waals surface area contributed by atoms with Crippen molar-refractivity contribution in [3.05, 3.63) is 45.1 Å². The Morgan fingerprint density at radius 3 is 2.72 bits per heavy atom. The van der Waals surface area contributed by atoms with E-state index in [9.17, 15) is 4.79 Å². The fourth-order valence-corrected chi connectivity index (χ4v) is 5.89. The van der Waals surface area contributed by atoms with E-state index < -0.39 is 0 Å². The van der Waals surface area contributed by atoms with Crippen molar-refractivity contribution in [1.82, 2.24) is 24.8 Å². The normalized spacial score (nSPS) is 21.3. The number of anilines is 1. The summed E-state index contributed by atoms with van der Waals surface area (Å²) >= 11 is 1.72. The molecule has 0 radical (unpaired) electrons. The minimum absolute atomic E-state index is 0.0280. The topological polar surface area (TPSA) is 78.0 Å². The molecule has 0 aromatic carbocycles. The van der Waals surface area contributed by atoms with Gasteiger partial charge in [-0.25, -0.2) is 15.0 Å². The first-order chi connectivity index (χ1) is 14.1. The zero-order valence-corrected chi connectivity index (χ0v) is 17.7. The fourth-order valence-electron chi connectivity index (χ4n) is 4.50. The molecule has 7 nitrogen and oxygen atoms in total. The van der Waals surface area contributed by atoms with Crippen LogP contribution in [0, 0.1) is 5.92 Å². The number of hydrogen-bond acceptors (Lipinski definition) is 7. The van der Waals surface area contributed by atoms with E-state index in [0.717, 1.165) is 67.4 Å². The van der Waals surface area contributed by atoms with Gasteiger partial charge in [0, 0.05) is 43.4 Å². The molecule has 0 bridgehead atoms. The minimum Gasteiger partial charge on any atom is -0.338 e. The van der Waals surface area contributed by atoms with Crippen molar-refractivity contribution in [3.8, 4) is 0 Å². The Hall–Kier alpha value is -2.32. The Morgan fingerprint density at radius 2 is 1.97 bits per heavy atom. The zero-order valence-electron chi connectivity index (χ0n) is 16.9. The Kier molecular flexibility index (Phi) is 4.83. The molecule has 5 rings (SSSR count). The van der Waals surface area contributed by atoms with Gasteiger partial charge in [0.15, 0.2) is 0 Å². The highest BCUT2D eigenvalue weighted by Gasteiger charge is 2.27. The highest BCUT2D eigenvalue weighted by molar-refractivity contribution is 7.18. The van der Waals surface area contributed by atoms with Gasteiger partial charge in [-0.05, 0) is 43.7 Å². The predicted molar refractivity (Wildman–Crippen MR) is 116 cm³/mol. The number of H-pyrrole nitrogens is 1. The van der Waals surface area contributed by atoms with E-state index in [4.69, 9.17) is 4.98 Å². The molecular weight excluding hydrogens is 384 g/mol. The molecule has 0 spiro atoms. The van der Waals surface area contributed by atoms with E-state index in [1.807, 2.05) is 6.07 Å². The molecule has 1 N–H and O–H groups in total. The van der Waals surface area contributed by atoms with Gasteiger partial charge >= 0.3 is 0 Å². The van der Waals surface area contributed by atoms with Crippen LogP contribution in [0.25, 0.3) is 10.2 Å². The number of nitrogens with zero attached hydrogens (tertiary/aromatic N) is 5. The first kappa shape index (κ1) is 18.7. The third kappa shape index (κ3) is 3.44. The van der Waals surface area contributed by atoms with Crippen LogP contribution in [0.15, 0.2) is 23.3 Å². The number of aromatic nitrogens is 4. The van der Waals surface area contributed by atoms with E-state index in [0.29, 0.717) is 5.92 Å². The van der Waals surface area contributed by atoms with Crippen LogP contribution in [-0.4, -0.2) is 51.0 Å². The van der Waals surface area contributed by atoms with Gasteiger partial charge in [0.1, 0.15) is 10.7 Å². The maximum Gasteiger partial charge on any atom is 0.259 e. The van der Waals surface area contributed by atoms with E-state index in [-0.39, 0.29) is 11.6 Å². The van der Waals surface area contributed by atoms with E-state index >= 15 is 0 Å². The van der Waals surface area contributed by atoms with Gasteiger partial charge in [-0.15, -0.1) is 11.3 Å². The Morgan fingerprint density at radius 1 is 1.21 bits per heavy atom. The molecule has 3 aromatic rings. The van der Waals surface area contributed by atoms with Gasteiger partial charge in [-0.2, -0.15) is 0 Å². The third-order valence-corrected chi connectivity index (χ3v) is 7.42. The molecule has 1 aliphatic heterocycles. The molecule has 1 aliphatic carbocycles. The Labute approximate surface area is 173 Å². The van der Waals surface area contributed by atoms with E-state index in [1.54, 1.807) is 23.7 Å². The van der Waals surface area contributed by atoms with Crippen molar-refractivity contribution in [2.24, 2.45) is 5.92 Å². The average molecular weight is 411 g/mol. The minimum atomic E-state index is 0.0280. The number of hydrogen-bond donors (Lipinski definition) is 1. The van der Waals surface area contributed by atoms with Crippen LogP contribution in [0.4, 0.5) is 5.95 Å². The monoisotopic (exact) mass is 410 g/mol. The second-order valence-corrected chi connectivity index (χ2v) is 9.31. The molecule has 3 aromatic heterocycles. The van der Waals surface area contributed by atoms with Crippen LogP contribution >= 0.6 is 11.3 Å². The fraction of sp³-hybridized carbons (Fsp3) is 0.524. The number of piperazine rings is 1. The molecule has 152 valence electrons. The molecule has 0 unspecified atom stereocenters. The number of aromatic amines is 1. The van der Waals surface area contributed by atoms with Gasteiger partial charge in [0.05, 0.1) is 11.4 Å². The highest BCUT2D eigenvalue weighted by atomic mass is 32.1. The van der Waals surface area contributed by atoms with Crippen LogP contribution in [-0.2, 0) is 12.8 Å². The molecule has 8 heteroatoms. The maximum absolute atomic E-state index is 12.9. The summed E-state index contributed by atoms with van der Waals surface area (Å²) in [4.78, 5) is 36.5. The largest absolute Gasteiger partial charge is 0.338 e. The van der Waals surface area contributed by atoms with Crippen molar-refractivity contribution >= 4 is 27.5 Å². The SMILES string of the molecule is C[C@@H]1CCc2c(sc3nc([C@H](C)N4CCN(c5ncccn5)CC4)[nH]c(=O)c23)C1. The van der Waals surface area contributed by atoms with Crippen molar-refractivity contribution in [2.75, 3.05) is 31.1 Å². The van der Waals surface area contributed by atoms with Crippen molar-refractivity contribution < 1.29 is 0 Å². The number of aryl methyl sites for hydroxylation is 1. The number of nitrogens with one attached hydrogen (secondary N) is 1. The maximum atomic E-state index is 12.9. The van der Waals surface area contributed by atoms with Gasteiger partial charge in [-0.3, -0.25) is 9.69 Å². The molecule has 4 heterocycles. The van der Waals surface area contributed by atoms with E-state index in [2.05, 4.69) is 38.6 Å². The van der Waals surface area contributed by atoms with Crippen molar-refractivity contribution in [1.29, 1.82) is 0 Å². The summed E-state index contributed by atoms with van der Waals surface area (Å²) in [5, 5.41) is 0.832. The summed E-state index contributed by atoms with van der Waals surface area (Å²) < 4.78 is 0. The van der Waals surface area contributed by atoms with Crippen molar-refractivity contribution in [3.63, 3.8) is 0 Å². The molecule has 0 saturated carbocycles. The molecule has 0 amide bonds.